The highest BCUT2D eigenvalue weighted by Crippen LogP contribution is 2.36. The lowest BCUT2D eigenvalue weighted by molar-refractivity contribution is 0.174. The minimum atomic E-state index is 0.271. The van der Waals surface area contributed by atoms with E-state index in [4.69, 9.17) is 20.2 Å². The number of ether oxygens (including phenoxy) is 2. The molecular formula is C16H15N3O2. The second kappa shape index (κ2) is 4.49. The van der Waals surface area contributed by atoms with Gasteiger partial charge in [-0.2, -0.15) is 0 Å². The standard InChI is InChI=1S/C16H15N3O2/c1-10-3-2-4-15-18-16(12(8-17)19(10)15)11-5-6-13-14(7-11)21-9-20-13/h2-7H,8-9,17H2,1H3. The number of nitrogens with two attached hydrogens (primary N) is 1. The summed E-state index contributed by atoms with van der Waals surface area (Å²) < 4.78 is 12.9. The Morgan fingerprint density at radius 1 is 1.19 bits per heavy atom. The lowest BCUT2D eigenvalue weighted by Gasteiger charge is -2.05. The summed E-state index contributed by atoms with van der Waals surface area (Å²) in [6.07, 6.45) is 0. The molecule has 5 heteroatoms. The molecule has 2 N–H and O–H groups in total. The van der Waals surface area contributed by atoms with Crippen LogP contribution in [0.15, 0.2) is 36.4 Å². The Kier molecular flexibility index (Phi) is 2.62. The van der Waals surface area contributed by atoms with Gasteiger partial charge in [-0.05, 0) is 37.3 Å². The zero-order valence-electron chi connectivity index (χ0n) is 11.7. The molecule has 0 unspecified atom stereocenters. The van der Waals surface area contributed by atoms with Crippen LogP contribution in [0.25, 0.3) is 16.9 Å². The molecule has 0 saturated carbocycles. The lowest BCUT2D eigenvalue weighted by Crippen LogP contribution is -2.04. The van der Waals surface area contributed by atoms with Gasteiger partial charge in [0.1, 0.15) is 5.65 Å². The minimum Gasteiger partial charge on any atom is -0.454 e. The van der Waals surface area contributed by atoms with Gasteiger partial charge in [-0.1, -0.05) is 6.07 Å². The van der Waals surface area contributed by atoms with Crippen molar-refractivity contribution in [3.8, 4) is 22.8 Å². The van der Waals surface area contributed by atoms with E-state index in [-0.39, 0.29) is 6.79 Å². The molecule has 106 valence electrons. The van der Waals surface area contributed by atoms with Crippen LogP contribution in [0.5, 0.6) is 11.5 Å². The average molecular weight is 281 g/mol. The molecule has 3 aromatic rings. The summed E-state index contributed by atoms with van der Waals surface area (Å²) in [5.41, 5.74) is 10.9. The van der Waals surface area contributed by atoms with E-state index >= 15 is 0 Å². The normalized spacial score (nSPS) is 13.0. The predicted octanol–water partition coefficient (Wildman–Crippen LogP) is 2.50. The highest BCUT2D eigenvalue weighted by Gasteiger charge is 2.18. The van der Waals surface area contributed by atoms with Gasteiger partial charge in [0.2, 0.25) is 6.79 Å². The molecule has 3 heterocycles. The SMILES string of the molecule is Cc1cccc2nc(-c3ccc4c(c3)OCO4)c(CN)n12. The van der Waals surface area contributed by atoms with Gasteiger partial charge in [-0.25, -0.2) is 4.98 Å². The van der Waals surface area contributed by atoms with Crippen molar-refractivity contribution in [3.63, 3.8) is 0 Å². The zero-order valence-corrected chi connectivity index (χ0v) is 11.7. The number of pyridine rings is 1. The Labute approximate surface area is 121 Å². The van der Waals surface area contributed by atoms with Crippen LogP contribution in [-0.4, -0.2) is 16.2 Å². The molecule has 5 nitrogen and oxygen atoms in total. The summed E-state index contributed by atoms with van der Waals surface area (Å²) in [7, 11) is 0. The van der Waals surface area contributed by atoms with E-state index in [2.05, 4.69) is 17.4 Å². The second-order valence-electron chi connectivity index (χ2n) is 5.04. The Hall–Kier alpha value is -2.53. The molecule has 0 bridgehead atoms. The summed E-state index contributed by atoms with van der Waals surface area (Å²) >= 11 is 0. The summed E-state index contributed by atoms with van der Waals surface area (Å²) in [6, 6.07) is 11.9. The van der Waals surface area contributed by atoms with Crippen LogP contribution < -0.4 is 15.2 Å². The van der Waals surface area contributed by atoms with Crippen molar-refractivity contribution in [2.75, 3.05) is 6.79 Å². The first kappa shape index (κ1) is 12.2. The number of aryl methyl sites for hydroxylation is 1. The molecule has 1 aromatic carbocycles. The van der Waals surface area contributed by atoms with Crippen LogP contribution in [0.1, 0.15) is 11.4 Å². The van der Waals surface area contributed by atoms with E-state index in [0.717, 1.165) is 39.8 Å². The van der Waals surface area contributed by atoms with Crippen LogP contribution in [-0.2, 0) is 6.54 Å². The van der Waals surface area contributed by atoms with Gasteiger partial charge in [0.05, 0.1) is 11.4 Å². The highest BCUT2D eigenvalue weighted by molar-refractivity contribution is 5.70. The Bertz CT molecular complexity index is 839. The maximum atomic E-state index is 5.96. The summed E-state index contributed by atoms with van der Waals surface area (Å²) in [5, 5.41) is 0. The van der Waals surface area contributed by atoms with Gasteiger partial charge < -0.3 is 15.2 Å². The number of rotatable bonds is 2. The van der Waals surface area contributed by atoms with Crippen molar-refractivity contribution in [2.45, 2.75) is 13.5 Å². The van der Waals surface area contributed by atoms with E-state index in [1.165, 1.54) is 0 Å². The number of nitrogens with zero attached hydrogens (tertiary/aromatic N) is 2. The van der Waals surface area contributed by atoms with Crippen molar-refractivity contribution >= 4 is 5.65 Å². The fourth-order valence-corrected chi connectivity index (χ4v) is 2.79. The maximum absolute atomic E-state index is 5.96. The van der Waals surface area contributed by atoms with E-state index in [1.807, 2.05) is 30.3 Å². The zero-order chi connectivity index (χ0) is 14.4. The molecule has 1 aliphatic rings. The monoisotopic (exact) mass is 281 g/mol. The van der Waals surface area contributed by atoms with Crippen molar-refractivity contribution in [1.82, 2.24) is 9.38 Å². The van der Waals surface area contributed by atoms with Crippen molar-refractivity contribution < 1.29 is 9.47 Å². The molecule has 0 aliphatic carbocycles. The maximum Gasteiger partial charge on any atom is 0.231 e. The molecule has 21 heavy (non-hydrogen) atoms. The molecule has 4 rings (SSSR count). The average Bonchev–Trinajstić information content (AvgIpc) is 3.10. The number of fused-ring (bicyclic) bond motifs is 2. The van der Waals surface area contributed by atoms with Gasteiger partial charge in [0.25, 0.3) is 0 Å². The third-order valence-corrected chi connectivity index (χ3v) is 3.77. The fraction of sp³-hybridized carbons (Fsp3) is 0.188. The number of benzene rings is 1. The van der Waals surface area contributed by atoms with Crippen LogP contribution in [0, 0.1) is 6.92 Å². The Morgan fingerprint density at radius 2 is 2.05 bits per heavy atom. The highest BCUT2D eigenvalue weighted by atomic mass is 16.7. The molecule has 0 spiro atoms. The molecule has 0 radical (unpaired) electrons. The Morgan fingerprint density at radius 3 is 2.90 bits per heavy atom. The third kappa shape index (κ3) is 1.78. The third-order valence-electron chi connectivity index (χ3n) is 3.77. The van der Waals surface area contributed by atoms with E-state index in [1.54, 1.807) is 0 Å². The molecule has 0 amide bonds. The molecule has 0 saturated heterocycles. The first-order valence-corrected chi connectivity index (χ1v) is 6.85. The van der Waals surface area contributed by atoms with Gasteiger partial charge in [0.15, 0.2) is 11.5 Å². The van der Waals surface area contributed by atoms with Crippen LogP contribution >= 0.6 is 0 Å². The second-order valence-corrected chi connectivity index (χ2v) is 5.04. The van der Waals surface area contributed by atoms with E-state index in [0.29, 0.717) is 6.54 Å². The number of hydrogen-bond donors (Lipinski definition) is 1. The van der Waals surface area contributed by atoms with E-state index < -0.39 is 0 Å². The minimum absolute atomic E-state index is 0.271. The molecular weight excluding hydrogens is 266 g/mol. The van der Waals surface area contributed by atoms with E-state index in [9.17, 15) is 0 Å². The fourth-order valence-electron chi connectivity index (χ4n) is 2.79. The quantitative estimate of drug-likeness (QED) is 0.784. The lowest BCUT2D eigenvalue weighted by atomic mass is 10.1. The first-order valence-electron chi connectivity index (χ1n) is 6.85. The summed E-state index contributed by atoms with van der Waals surface area (Å²) in [5.74, 6) is 1.53. The molecule has 1 aliphatic heterocycles. The number of hydrogen-bond acceptors (Lipinski definition) is 4. The molecule has 0 fully saturated rings. The molecule has 2 aromatic heterocycles. The first-order chi connectivity index (χ1) is 10.3. The smallest absolute Gasteiger partial charge is 0.231 e. The number of imidazole rings is 1. The summed E-state index contributed by atoms with van der Waals surface area (Å²) in [6.45, 7) is 2.75. The van der Waals surface area contributed by atoms with Crippen LogP contribution in [0.4, 0.5) is 0 Å². The van der Waals surface area contributed by atoms with Gasteiger partial charge >= 0.3 is 0 Å². The van der Waals surface area contributed by atoms with Gasteiger partial charge in [0, 0.05) is 17.8 Å². The predicted molar refractivity (Wildman–Crippen MR) is 79.4 cm³/mol. The Balaban J connectivity index is 1.96. The number of aromatic nitrogens is 2. The van der Waals surface area contributed by atoms with Crippen molar-refractivity contribution in [3.05, 3.63) is 47.8 Å². The van der Waals surface area contributed by atoms with Crippen molar-refractivity contribution in [1.29, 1.82) is 0 Å². The van der Waals surface area contributed by atoms with Gasteiger partial charge in [-0.3, -0.25) is 4.40 Å². The van der Waals surface area contributed by atoms with Crippen LogP contribution in [0.2, 0.25) is 0 Å². The van der Waals surface area contributed by atoms with Crippen molar-refractivity contribution in [2.24, 2.45) is 5.73 Å². The van der Waals surface area contributed by atoms with Crippen LogP contribution in [0.3, 0.4) is 0 Å². The van der Waals surface area contributed by atoms with Gasteiger partial charge in [-0.15, -0.1) is 0 Å². The largest absolute Gasteiger partial charge is 0.454 e. The topological polar surface area (TPSA) is 61.8 Å². The summed E-state index contributed by atoms with van der Waals surface area (Å²) in [4.78, 5) is 4.73. The molecule has 0 atom stereocenters.